The molecule has 23 heavy (non-hydrogen) atoms. The predicted octanol–water partition coefficient (Wildman–Crippen LogP) is 2.76. The van der Waals surface area contributed by atoms with Crippen molar-refractivity contribution in [3.05, 3.63) is 52.5 Å². The molecule has 6 heteroatoms. The van der Waals surface area contributed by atoms with Crippen molar-refractivity contribution < 1.29 is 14.3 Å². The van der Waals surface area contributed by atoms with E-state index in [2.05, 4.69) is 4.98 Å². The minimum atomic E-state index is -0.423. The van der Waals surface area contributed by atoms with Gasteiger partial charge in [-0.25, -0.2) is 4.98 Å². The zero-order chi connectivity index (χ0) is 15.8. The van der Waals surface area contributed by atoms with Crippen LogP contribution in [0.5, 0.6) is 11.5 Å². The molecule has 0 radical (unpaired) electrons. The number of nitrogens with zero attached hydrogens (tertiary/aromatic N) is 1. The van der Waals surface area contributed by atoms with E-state index in [4.69, 9.17) is 15.2 Å². The first kappa shape index (κ1) is 14.0. The van der Waals surface area contributed by atoms with Gasteiger partial charge < -0.3 is 15.2 Å². The second kappa shape index (κ2) is 5.55. The molecular formula is C17H14N2O3S. The molecule has 1 aliphatic heterocycles. The lowest BCUT2D eigenvalue weighted by molar-refractivity contribution is 0.100. The van der Waals surface area contributed by atoms with Crippen molar-refractivity contribution in [3.8, 4) is 11.5 Å². The molecule has 0 spiro atoms. The molecule has 2 N–H and O–H groups in total. The van der Waals surface area contributed by atoms with Crippen LogP contribution < -0.4 is 15.2 Å². The lowest BCUT2D eigenvalue weighted by Gasteiger charge is -2.18. The Morgan fingerprint density at radius 3 is 2.78 bits per heavy atom. The van der Waals surface area contributed by atoms with Crippen LogP contribution in [0.15, 0.2) is 36.4 Å². The Labute approximate surface area is 136 Å². The zero-order valence-electron chi connectivity index (χ0n) is 12.2. The van der Waals surface area contributed by atoms with E-state index in [0.717, 1.165) is 32.3 Å². The maximum atomic E-state index is 11.3. The number of fused-ring (bicyclic) bond motifs is 2. The van der Waals surface area contributed by atoms with Gasteiger partial charge >= 0.3 is 0 Å². The van der Waals surface area contributed by atoms with Crippen LogP contribution in [-0.2, 0) is 6.42 Å². The van der Waals surface area contributed by atoms with Crippen molar-refractivity contribution in [2.24, 2.45) is 5.73 Å². The van der Waals surface area contributed by atoms with E-state index in [1.54, 1.807) is 23.5 Å². The zero-order valence-corrected chi connectivity index (χ0v) is 13.1. The van der Waals surface area contributed by atoms with E-state index in [1.807, 2.05) is 24.3 Å². The molecule has 2 heterocycles. The van der Waals surface area contributed by atoms with Crippen LogP contribution in [-0.4, -0.2) is 24.1 Å². The van der Waals surface area contributed by atoms with E-state index < -0.39 is 5.91 Å². The maximum absolute atomic E-state index is 11.3. The van der Waals surface area contributed by atoms with Crippen LogP contribution in [0.25, 0.3) is 10.2 Å². The molecule has 1 aliphatic rings. The van der Waals surface area contributed by atoms with Crippen molar-refractivity contribution in [1.82, 2.24) is 4.98 Å². The molecule has 0 aliphatic carbocycles. The predicted molar refractivity (Wildman–Crippen MR) is 88.4 cm³/mol. The Morgan fingerprint density at radius 1 is 1.13 bits per heavy atom. The van der Waals surface area contributed by atoms with Gasteiger partial charge in [0, 0.05) is 12.0 Å². The average Bonchev–Trinajstić information content (AvgIpc) is 2.96. The minimum Gasteiger partial charge on any atom is -0.486 e. The van der Waals surface area contributed by atoms with Crippen LogP contribution >= 0.6 is 11.3 Å². The topological polar surface area (TPSA) is 74.4 Å². The van der Waals surface area contributed by atoms with Crippen molar-refractivity contribution in [2.45, 2.75) is 6.42 Å². The summed E-state index contributed by atoms with van der Waals surface area (Å²) in [6, 6.07) is 11.3. The normalized spacial score (nSPS) is 13.2. The van der Waals surface area contributed by atoms with E-state index in [1.165, 1.54) is 0 Å². The number of ether oxygens (including phenoxy) is 2. The number of aromatic nitrogens is 1. The molecule has 0 fully saturated rings. The van der Waals surface area contributed by atoms with Gasteiger partial charge in [0.05, 0.1) is 15.2 Å². The molecule has 0 atom stereocenters. The highest BCUT2D eigenvalue weighted by Gasteiger charge is 2.13. The molecule has 0 saturated heterocycles. The highest BCUT2D eigenvalue weighted by Crippen LogP contribution is 2.32. The Kier molecular flexibility index (Phi) is 3.38. The number of thiazole rings is 1. The molecule has 4 rings (SSSR count). The number of rotatable bonds is 3. The molecule has 5 nitrogen and oxygen atoms in total. The first-order chi connectivity index (χ1) is 11.2. The number of nitrogens with two attached hydrogens (primary N) is 1. The lowest BCUT2D eigenvalue weighted by atomic mass is 10.1. The Hall–Kier alpha value is -2.60. The fourth-order valence-electron chi connectivity index (χ4n) is 2.57. The lowest BCUT2D eigenvalue weighted by Crippen LogP contribution is -2.15. The van der Waals surface area contributed by atoms with Gasteiger partial charge in [0.25, 0.3) is 0 Å². The standard InChI is InChI=1S/C17H14N2O3S/c18-17(20)11-2-3-12-15(9-11)23-16(19-12)8-10-1-4-13-14(7-10)22-6-5-21-13/h1-4,7,9H,5-6,8H2,(H2,18,20). The molecule has 1 amide bonds. The largest absolute Gasteiger partial charge is 0.486 e. The highest BCUT2D eigenvalue weighted by atomic mass is 32.1. The van der Waals surface area contributed by atoms with E-state index >= 15 is 0 Å². The number of hydrogen-bond donors (Lipinski definition) is 1. The van der Waals surface area contributed by atoms with Crippen molar-refractivity contribution >= 4 is 27.5 Å². The van der Waals surface area contributed by atoms with E-state index in [0.29, 0.717) is 25.2 Å². The van der Waals surface area contributed by atoms with Gasteiger partial charge in [0.1, 0.15) is 13.2 Å². The third-order valence-electron chi connectivity index (χ3n) is 3.68. The third kappa shape index (κ3) is 2.73. The number of primary amides is 1. The fourth-order valence-corrected chi connectivity index (χ4v) is 3.61. The summed E-state index contributed by atoms with van der Waals surface area (Å²) in [6.45, 7) is 1.17. The van der Waals surface area contributed by atoms with Gasteiger partial charge in [0.15, 0.2) is 11.5 Å². The molecule has 0 saturated carbocycles. The van der Waals surface area contributed by atoms with Crippen LogP contribution in [0.4, 0.5) is 0 Å². The molecule has 0 unspecified atom stereocenters. The molecular weight excluding hydrogens is 312 g/mol. The Balaban J connectivity index is 1.63. The summed E-state index contributed by atoms with van der Waals surface area (Å²) in [6.07, 6.45) is 0.710. The van der Waals surface area contributed by atoms with Gasteiger partial charge in [0.2, 0.25) is 5.91 Å². The summed E-state index contributed by atoms with van der Waals surface area (Å²) >= 11 is 1.57. The van der Waals surface area contributed by atoms with E-state index in [9.17, 15) is 4.79 Å². The average molecular weight is 326 g/mol. The molecule has 1 aromatic heterocycles. The Bertz CT molecular complexity index is 904. The molecule has 2 aromatic carbocycles. The van der Waals surface area contributed by atoms with Crippen LogP contribution in [0.3, 0.4) is 0 Å². The van der Waals surface area contributed by atoms with Crippen LogP contribution in [0.1, 0.15) is 20.9 Å². The summed E-state index contributed by atoms with van der Waals surface area (Å²) < 4.78 is 12.1. The number of amides is 1. The fraction of sp³-hybridized carbons (Fsp3) is 0.176. The van der Waals surface area contributed by atoms with Gasteiger partial charge in [-0.1, -0.05) is 6.07 Å². The van der Waals surface area contributed by atoms with Crippen molar-refractivity contribution in [2.75, 3.05) is 13.2 Å². The van der Waals surface area contributed by atoms with E-state index in [-0.39, 0.29) is 0 Å². The smallest absolute Gasteiger partial charge is 0.248 e. The quantitative estimate of drug-likeness (QED) is 0.803. The van der Waals surface area contributed by atoms with Crippen molar-refractivity contribution in [3.63, 3.8) is 0 Å². The SMILES string of the molecule is NC(=O)c1ccc2nc(Cc3ccc4c(c3)OCCO4)sc2c1. The van der Waals surface area contributed by atoms with Crippen molar-refractivity contribution in [1.29, 1.82) is 0 Å². The summed E-state index contributed by atoms with van der Waals surface area (Å²) in [5.41, 5.74) is 7.82. The van der Waals surface area contributed by atoms with Gasteiger partial charge in [-0.05, 0) is 35.9 Å². The number of carbonyl (C=O) groups is 1. The number of benzene rings is 2. The summed E-state index contributed by atoms with van der Waals surface area (Å²) in [5, 5.41) is 0.985. The second-order valence-electron chi connectivity index (χ2n) is 5.31. The number of carbonyl (C=O) groups excluding carboxylic acids is 1. The first-order valence-electron chi connectivity index (χ1n) is 7.27. The van der Waals surface area contributed by atoms with Gasteiger partial charge in [-0.15, -0.1) is 11.3 Å². The summed E-state index contributed by atoms with van der Waals surface area (Å²) in [7, 11) is 0. The minimum absolute atomic E-state index is 0.423. The maximum Gasteiger partial charge on any atom is 0.248 e. The summed E-state index contributed by atoms with van der Waals surface area (Å²) in [5.74, 6) is 1.15. The van der Waals surface area contributed by atoms with Crippen LogP contribution in [0, 0.1) is 0 Å². The van der Waals surface area contributed by atoms with Crippen LogP contribution in [0.2, 0.25) is 0 Å². The number of hydrogen-bond acceptors (Lipinski definition) is 5. The third-order valence-corrected chi connectivity index (χ3v) is 4.70. The van der Waals surface area contributed by atoms with Gasteiger partial charge in [-0.2, -0.15) is 0 Å². The Morgan fingerprint density at radius 2 is 1.96 bits per heavy atom. The highest BCUT2D eigenvalue weighted by molar-refractivity contribution is 7.18. The first-order valence-corrected chi connectivity index (χ1v) is 8.08. The molecule has 116 valence electrons. The monoisotopic (exact) mass is 326 g/mol. The summed E-state index contributed by atoms with van der Waals surface area (Å²) in [4.78, 5) is 15.9. The molecule has 3 aromatic rings. The second-order valence-corrected chi connectivity index (χ2v) is 6.42. The van der Waals surface area contributed by atoms with Gasteiger partial charge in [-0.3, -0.25) is 4.79 Å². The molecule has 0 bridgehead atoms.